The average molecular weight is 332 g/mol. The van der Waals surface area contributed by atoms with E-state index in [9.17, 15) is 14.4 Å². The number of rotatable bonds is 2. The van der Waals surface area contributed by atoms with Crippen LogP contribution in [-0.2, 0) is 16.1 Å². The molecular formula is C17H20N2O3S. The second-order valence-corrected chi connectivity index (χ2v) is 8.83. The molecule has 0 saturated carbocycles. The number of imide groups is 1. The molecule has 6 heteroatoms. The number of thioether (sulfide) groups is 1. The van der Waals surface area contributed by atoms with Crippen molar-refractivity contribution >= 4 is 29.5 Å². The van der Waals surface area contributed by atoms with Gasteiger partial charge in [0.25, 0.3) is 5.91 Å². The van der Waals surface area contributed by atoms with Gasteiger partial charge < -0.3 is 4.90 Å². The summed E-state index contributed by atoms with van der Waals surface area (Å²) in [5, 5.41) is 2.32. The highest BCUT2D eigenvalue weighted by Crippen LogP contribution is 2.35. The van der Waals surface area contributed by atoms with Crippen LogP contribution in [0.15, 0.2) is 23.1 Å². The summed E-state index contributed by atoms with van der Waals surface area (Å²) in [5.41, 5.74) is 1.61. The van der Waals surface area contributed by atoms with Gasteiger partial charge in [0.05, 0.1) is 0 Å². The van der Waals surface area contributed by atoms with Gasteiger partial charge in [0.15, 0.2) is 0 Å². The molecule has 1 unspecified atom stereocenters. The first-order valence-electron chi connectivity index (χ1n) is 7.71. The molecule has 1 saturated heterocycles. The molecular weight excluding hydrogens is 312 g/mol. The van der Waals surface area contributed by atoms with Gasteiger partial charge in [0.2, 0.25) is 11.8 Å². The normalized spacial score (nSPS) is 21.4. The summed E-state index contributed by atoms with van der Waals surface area (Å²) in [6.45, 7) is 6.86. The number of piperidine rings is 1. The minimum absolute atomic E-state index is 0.0974. The van der Waals surface area contributed by atoms with E-state index in [-0.39, 0.29) is 28.9 Å². The van der Waals surface area contributed by atoms with Crippen molar-refractivity contribution in [1.29, 1.82) is 0 Å². The molecule has 0 bridgehead atoms. The highest BCUT2D eigenvalue weighted by atomic mass is 32.2. The first-order valence-corrected chi connectivity index (χ1v) is 8.53. The Morgan fingerprint density at radius 2 is 1.96 bits per heavy atom. The molecule has 23 heavy (non-hydrogen) atoms. The van der Waals surface area contributed by atoms with Crippen LogP contribution in [0.1, 0.15) is 49.5 Å². The quantitative estimate of drug-likeness (QED) is 0.667. The Morgan fingerprint density at radius 3 is 2.61 bits per heavy atom. The molecule has 0 radical (unpaired) electrons. The van der Waals surface area contributed by atoms with Crippen LogP contribution in [0.3, 0.4) is 0 Å². The monoisotopic (exact) mass is 332 g/mol. The van der Waals surface area contributed by atoms with E-state index in [0.717, 1.165) is 10.5 Å². The van der Waals surface area contributed by atoms with Gasteiger partial charge in [-0.3, -0.25) is 19.7 Å². The molecule has 1 N–H and O–H groups in total. The fourth-order valence-corrected chi connectivity index (χ4v) is 4.01. The maximum absolute atomic E-state index is 12.6. The van der Waals surface area contributed by atoms with E-state index in [1.807, 2.05) is 18.2 Å². The van der Waals surface area contributed by atoms with Crippen molar-refractivity contribution in [3.8, 4) is 0 Å². The van der Waals surface area contributed by atoms with Gasteiger partial charge in [-0.2, -0.15) is 0 Å². The number of nitrogens with one attached hydrogen (secondary N) is 1. The molecule has 3 amide bonds. The molecule has 0 spiro atoms. The molecule has 0 aliphatic carbocycles. The predicted octanol–water partition coefficient (Wildman–Crippen LogP) is 2.34. The summed E-state index contributed by atoms with van der Waals surface area (Å²) in [7, 11) is 0. The van der Waals surface area contributed by atoms with Gasteiger partial charge in [-0.15, -0.1) is 11.8 Å². The fourth-order valence-electron chi connectivity index (χ4n) is 2.97. The van der Waals surface area contributed by atoms with E-state index in [1.165, 1.54) is 0 Å². The van der Waals surface area contributed by atoms with Crippen LogP contribution in [0, 0.1) is 0 Å². The van der Waals surface area contributed by atoms with Crippen molar-refractivity contribution in [3.05, 3.63) is 29.3 Å². The lowest BCUT2D eigenvalue weighted by Crippen LogP contribution is -2.52. The highest BCUT2D eigenvalue weighted by Gasteiger charge is 2.39. The van der Waals surface area contributed by atoms with Crippen LogP contribution in [0.2, 0.25) is 0 Å². The molecule has 1 aromatic carbocycles. The van der Waals surface area contributed by atoms with Gasteiger partial charge in [0.1, 0.15) is 6.04 Å². The molecule has 1 aromatic rings. The van der Waals surface area contributed by atoms with Crippen molar-refractivity contribution < 1.29 is 14.4 Å². The van der Waals surface area contributed by atoms with Crippen LogP contribution in [-0.4, -0.2) is 33.4 Å². The Bertz CT molecular complexity index is 694. The number of hydrogen-bond donors (Lipinski definition) is 1. The summed E-state index contributed by atoms with van der Waals surface area (Å²) in [5.74, 6) is -0.757. The third-order valence-electron chi connectivity index (χ3n) is 3.92. The van der Waals surface area contributed by atoms with E-state index in [0.29, 0.717) is 18.5 Å². The van der Waals surface area contributed by atoms with Crippen molar-refractivity contribution in [3.63, 3.8) is 0 Å². The third kappa shape index (κ3) is 3.27. The Morgan fingerprint density at radius 1 is 1.22 bits per heavy atom. The summed E-state index contributed by atoms with van der Waals surface area (Å²) in [6, 6.07) is 5.29. The third-order valence-corrected chi connectivity index (χ3v) is 5.02. The lowest BCUT2D eigenvalue weighted by atomic mass is 10.0. The Hall–Kier alpha value is -1.82. The average Bonchev–Trinajstić information content (AvgIpc) is 2.74. The van der Waals surface area contributed by atoms with Crippen molar-refractivity contribution in [2.24, 2.45) is 0 Å². The number of hydrogen-bond acceptors (Lipinski definition) is 4. The molecule has 1 fully saturated rings. The van der Waals surface area contributed by atoms with Gasteiger partial charge >= 0.3 is 0 Å². The zero-order valence-corrected chi connectivity index (χ0v) is 14.3. The van der Waals surface area contributed by atoms with Gasteiger partial charge in [-0.1, -0.05) is 20.8 Å². The summed E-state index contributed by atoms with van der Waals surface area (Å²) in [6.07, 6.45) is 0.676. The lowest BCUT2D eigenvalue weighted by Gasteiger charge is -2.29. The zero-order valence-electron chi connectivity index (χ0n) is 13.5. The summed E-state index contributed by atoms with van der Waals surface area (Å²) >= 11 is 1.75. The van der Waals surface area contributed by atoms with Gasteiger partial charge in [-0.25, -0.2) is 0 Å². The number of fused-ring (bicyclic) bond motifs is 1. The molecule has 5 nitrogen and oxygen atoms in total. The number of amides is 3. The van der Waals surface area contributed by atoms with Crippen LogP contribution in [0.25, 0.3) is 0 Å². The Labute approximate surface area is 139 Å². The molecule has 2 aliphatic heterocycles. The first kappa shape index (κ1) is 16.1. The van der Waals surface area contributed by atoms with E-state index in [2.05, 4.69) is 26.1 Å². The van der Waals surface area contributed by atoms with Gasteiger partial charge in [-0.05, 0) is 30.2 Å². The summed E-state index contributed by atoms with van der Waals surface area (Å²) < 4.78 is 0.0974. The van der Waals surface area contributed by atoms with E-state index < -0.39 is 6.04 Å². The standard InChI is InChI=1S/C17H20N2O3S/c1-17(2,3)23-11-4-5-12-10(8-11)9-19(16(12)22)13-6-7-14(20)18-15(13)21/h4-5,8,13H,6-7,9H2,1-3H3,(H,18,20,21). The van der Waals surface area contributed by atoms with Crippen molar-refractivity contribution in [2.45, 2.75) is 55.8 Å². The SMILES string of the molecule is CC(C)(C)Sc1ccc2c(c1)CN(C1CCC(=O)NC1=O)C2=O. The minimum atomic E-state index is -0.550. The predicted molar refractivity (Wildman–Crippen MR) is 88.1 cm³/mol. The molecule has 2 heterocycles. The second kappa shape index (κ2) is 5.67. The zero-order chi connectivity index (χ0) is 16.8. The maximum Gasteiger partial charge on any atom is 0.255 e. The number of carbonyl (C=O) groups excluding carboxylic acids is 3. The number of carbonyl (C=O) groups is 3. The lowest BCUT2D eigenvalue weighted by molar-refractivity contribution is -0.136. The van der Waals surface area contributed by atoms with E-state index in [1.54, 1.807) is 16.7 Å². The van der Waals surface area contributed by atoms with Crippen LogP contribution < -0.4 is 5.32 Å². The molecule has 0 aromatic heterocycles. The largest absolute Gasteiger partial charge is 0.322 e. The highest BCUT2D eigenvalue weighted by molar-refractivity contribution is 8.00. The Kier molecular flexibility index (Phi) is 3.96. The van der Waals surface area contributed by atoms with E-state index >= 15 is 0 Å². The van der Waals surface area contributed by atoms with E-state index in [4.69, 9.17) is 0 Å². The Balaban J connectivity index is 1.81. The van der Waals surface area contributed by atoms with Crippen LogP contribution in [0.4, 0.5) is 0 Å². The summed E-state index contributed by atoms with van der Waals surface area (Å²) in [4.78, 5) is 38.6. The first-order chi connectivity index (χ1) is 10.7. The van der Waals surface area contributed by atoms with Gasteiger partial charge in [0, 0.05) is 28.2 Å². The van der Waals surface area contributed by atoms with Crippen LogP contribution >= 0.6 is 11.8 Å². The molecule has 1 atom stereocenters. The maximum atomic E-state index is 12.6. The molecule has 3 rings (SSSR count). The second-order valence-electron chi connectivity index (χ2n) is 6.93. The number of nitrogens with zero attached hydrogens (tertiary/aromatic N) is 1. The molecule has 122 valence electrons. The fraction of sp³-hybridized carbons (Fsp3) is 0.471. The minimum Gasteiger partial charge on any atom is -0.322 e. The topological polar surface area (TPSA) is 66.5 Å². The smallest absolute Gasteiger partial charge is 0.255 e. The van der Waals surface area contributed by atoms with Crippen LogP contribution in [0.5, 0.6) is 0 Å². The van der Waals surface area contributed by atoms with Crippen molar-refractivity contribution in [2.75, 3.05) is 0 Å². The molecule has 2 aliphatic rings. The van der Waals surface area contributed by atoms with Crippen molar-refractivity contribution in [1.82, 2.24) is 10.2 Å². The number of benzene rings is 1.